The molecule has 0 amide bonds. The first-order chi connectivity index (χ1) is 7.83. The highest BCUT2D eigenvalue weighted by atomic mass is 35.5. The lowest BCUT2D eigenvalue weighted by atomic mass is 10.2. The summed E-state index contributed by atoms with van der Waals surface area (Å²) in [5, 5.41) is 3.52. The molecule has 0 aliphatic carbocycles. The van der Waals surface area contributed by atoms with Gasteiger partial charge in [0.1, 0.15) is 12.4 Å². The van der Waals surface area contributed by atoms with Crippen LogP contribution in [0.15, 0.2) is 30.3 Å². The zero-order valence-corrected chi connectivity index (χ0v) is 10.5. The van der Waals surface area contributed by atoms with Crippen LogP contribution in [-0.2, 0) is 0 Å². The summed E-state index contributed by atoms with van der Waals surface area (Å²) in [5.41, 5.74) is 0. The Bertz CT molecular complexity index is 266. The summed E-state index contributed by atoms with van der Waals surface area (Å²) in [5.74, 6) is 0.917. The van der Waals surface area contributed by atoms with Crippen molar-refractivity contribution in [1.82, 2.24) is 5.32 Å². The van der Waals surface area contributed by atoms with E-state index in [0.29, 0.717) is 6.61 Å². The Labute approximate surface area is 103 Å². The van der Waals surface area contributed by atoms with Crippen LogP contribution in [0.25, 0.3) is 0 Å². The fourth-order valence-corrected chi connectivity index (χ4v) is 1.76. The Hall–Kier alpha value is -0.730. The third kappa shape index (κ3) is 5.99. The molecular weight excluding hydrogens is 222 g/mol. The zero-order chi connectivity index (χ0) is 11.6. The molecule has 0 aromatic heterocycles. The van der Waals surface area contributed by atoms with E-state index in [0.717, 1.165) is 31.7 Å². The van der Waals surface area contributed by atoms with Gasteiger partial charge in [-0.05, 0) is 18.6 Å². The first kappa shape index (κ1) is 13.3. The van der Waals surface area contributed by atoms with Gasteiger partial charge in [-0.25, -0.2) is 0 Å². The number of hydrogen-bond acceptors (Lipinski definition) is 2. The summed E-state index contributed by atoms with van der Waals surface area (Å²) in [6.45, 7) is 4.52. The molecule has 1 unspecified atom stereocenters. The van der Waals surface area contributed by atoms with Crippen LogP contribution >= 0.6 is 11.6 Å². The van der Waals surface area contributed by atoms with Gasteiger partial charge in [-0.15, -0.1) is 11.6 Å². The van der Waals surface area contributed by atoms with E-state index in [9.17, 15) is 0 Å². The molecule has 3 heteroatoms. The van der Waals surface area contributed by atoms with Crippen molar-refractivity contribution >= 4 is 11.6 Å². The smallest absolute Gasteiger partial charge is 0.119 e. The SMILES string of the molecule is CCCC(Cl)CNCCOc1ccccc1. The number of para-hydroxylation sites is 1. The minimum atomic E-state index is 0.238. The molecule has 0 spiro atoms. The first-order valence-corrected chi connectivity index (χ1v) is 6.29. The second kappa shape index (κ2) is 8.43. The molecule has 0 aliphatic heterocycles. The summed E-state index contributed by atoms with van der Waals surface area (Å²) < 4.78 is 5.54. The minimum absolute atomic E-state index is 0.238. The molecule has 1 aromatic carbocycles. The quantitative estimate of drug-likeness (QED) is 0.558. The van der Waals surface area contributed by atoms with Gasteiger partial charge >= 0.3 is 0 Å². The Balaban J connectivity index is 2.00. The molecule has 0 heterocycles. The summed E-state index contributed by atoms with van der Waals surface area (Å²) in [4.78, 5) is 0. The molecule has 1 N–H and O–H groups in total. The third-order valence-corrected chi connectivity index (χ3v) is 2.63. The Morgan fingerprint density at radius 2 is 2.06 bits per heavy atom. The zero-order valence-electron chi connectivity index (χ0n) is 9.79. The van der Waals surface area contributed by atoms with Crippen molar-refractivity contribution in [2.24, 2.45) is 0 Å². The molecule has 16 heavy (non-hydrogen) atoms. The van der Waals surface area contributed by atoms with Crippen LogP contribution in [0.4, 0.5) is 0 Å². The highest BCUT2D eigenvalue weighted by molar-refractivity contribution is 6.20. The summed E-state index contributed by atoms with van der Waals surface area (Å²) in [6, 6.07) is 9.84. The molecule has 0 fully saturated rings. The topological polar surface area (TPSA) is 21.3 Å². The molecule has 2 nitrogen and oxygen atoms in total. The predicted octanol–water partition coefficient (Wildman–Crippen LogP) is 3.06. The summed E-state index contributed by atoms with van der Waals surface area (Å²) >= 11 is 6.07. The van der Waals surface area contributed by atoms with E-state index in [-0.39, 0.29) is 5.38 Å². The first-order valence-electron chi connectivity index (χ1n) is 5.85. The van der Waals surface area contributed by atoms with E-state index in [1.54, 1.807) is 0 Å². The fourth-order valence-electron chi connectivity index (χ4n) is 1.43. The van der Waals surface area contributed by atoms with E-state index >= 15 is 0 Å². The Kier molecular flexibility index (Phi) is 7.02. The van der Waals surface area contributed by atoms with E-state index in [1.807, 2.05) is 30.3 Å². The number of nitrogens with one attached hydrogen (secondary N) is 1. The Morgan fingerprint density at radius 1 is 1.31 bits per heavy atom. The van der Waals surface area contributed by atoms with Crippen molar-refractivity contribution in [2.45, 2.75) is 25.1 Å². The number of benzene rings is 1. The van der Waals surface area contributed by atoms with E-state index < -0.39 is 0 Å². The van der Waals surface area contributed by atoms with Crippen molar-refractivity contribution in [3.8, 4) is 5.75 Å². The molecule has 0 bridgehead atoms. The molecule has 0 saturated carbocycles. The highest BCUT2D eigenvalue weighted by Crippen LogP contribution is 2.07. The van der Waals surface area contributed by atoms with Crippen molar-refractivity contribution in [3.05, 3.63) is 30.3 Å². The maximum Gasteiger partial charge on any atom is 0.119 e. The molecule has 0 radical (unpaired) electrons. The summed E-state index contributed by atoms with van der Waals surface area (Å²) in [7, 11) is 0. The predicted molar refractivity (Wildman–Crippen MR) is 69.4 cm³/mol. The van der Waals surface area contributed by atoms with Gasteiger partial charge < -0.3 is 10.1 Å². The third-order valence-electron chi connectivity index (χ3n) is 2.26. The summed E-state index contributed by atoms with van der Waals surface area (Å²) in [6.07, 6.45) is 2.20. The van der Waals surface area contributed by atoms with Gasteiger partial charge in [0.2, 0.25) is 0 Å². The standard InChI is InChI=1S/C13H20ClNO/c1-2-6-12(14)11-15-9-10-16-13-7-4-3-5-8-13/h3-5,7-8,12,15H,2,6,9-11H2,1H3. The maximum atomic E-state index is 6.07. The molecule has 0 saturated heterocycles. The van der Waals surface area contributed by atoms with E-state index in [1.165, 1.54) is 0 Å². The maximum absolute atomic E-state index is 6.07. The number of rotatable bonds is 8. The van der Waals surface area contributed by atoms with Gasteiger partial charge in [0, 0.05) is 18.5 Å². The van der Waals surface area contributed by atoms with Crippen molar-refractivity contribution < 1.29 is 4.74 Å². The second-order valence-electron chi connectivity index (χ2n) is 3.75. The van der Waals surface area contributed by atoms with Crippen molar-refractivity contribution in [3.63, 3.8) is 0 Å². The van der Waals surface area contributed by atoms with Crippen LogP contribution in [0, 0.1) is 0 Å². The Morgan fingerprint density at radius 3 is 2.75 bits per heavy atom. The molecule has 1 aromatic rings. The lowest BCUT2D eigenvalue weighted by Crippen LogP contribution is -2.27. The van der Waals surface area contributed by atoms with Crippen molar-refractivity contribution in [2.75, 3.05) is 19.7 Å². The van der Waals surface area contributed by atoms with E-state index in [4.69, 9.17) is 16.3 Å². The van der Waals surface area contributed by atoms with Gasteiger partial charge in [0.05, 0.1) is 0 Å². The molecular formula is C13H20ClNO. The van der Waals surface area contributed by atoms with Crippen molar-refractivity contribution in [1.29, 1.82) is 0 Å². The van der Waals surface area contributed by atoms with Gasteiger partial charge in [0.15, 0.2) is 0 Å². The van der Waals surface area contributed by atoms with Crippen LogP contribution in [-0.4, -0.2) is 25.1 Å². The van der Waals surface area contributed by atoms with Gasteiger partial charge in [-0.3, -0.25) is 0 Å². The van der Waals surface area contributed by atoms with Crippen LogP contribution in [0.5, 0.6) is 5.75 Å². The molecule has 1 atom stereocenters. The number of hydrogen-bond donors (Lipinski definition) is 1. The van der Waals surface area contributed by atoms with E-state index in [2.05, 4.69) is 12.2 Å². The lowest BCUT2D eigenvalue weighted by Gasteiger charge is -2.10. The number of halogens is 1. The van der Waals surface area contributed by atoms with Crippen LogP contribution < -0.4 is 10.1 Å². The monoisotopic (exact) mass is 241 g/mol. The average molecular weight is 242 g/mol. The van der Waals surface area contributed by atoms with Gasteiger partial charge in [-0.1, -0.05) is 31.5 Å². The normalized spacial score (nSPS) is 12.4. The fraction of sp³-hybridized carbons (Fsp3) is 0.538. The number of ether oxygens (including phenoxy) is 1. The largest absolute Gasteiger partial charge is 0.492 e. The average Bonchev–Trinajstić information content (AvgIpc) is 2.30. The molecule has 1 rings (SSSR count). The second-order valence-corrected chi connectivity index (χ2v) is 4.37. The minimum Gasteiger partial charge on any atom is -0.492 e. The molecule has 90 valence electrons. The number of alkyl halides is 1. The van der Waals surface area contributed by atoms with Crippen LogP contribution in [0.1, 0.15) is 19.8 Å². The van der Waals surface area contributed by atoms with Crippen LogP contribution in [0.2, 0.25) is 0 Å². The van der Waals surface area contributed by atoms with Gasteiger partial charge in [0.25, 0.3) is 0 Å². The highest BCUT2D eigenvalue weighted by Gasteiger charge is 2.01. The lowest BCUT2D eigenvalue weighted by molar-refractivity contribution is 0.314. The van der Waals surface area contributed by atoms with Gasteiger partial charge in [-0.2, -0.15) is 0 Å². The van der Waals surface area contributed by atoms with Crippen LogP contribution in [0.3, 0.4) is 0 Å². The molecule has 0 aliphatic rings.